The van der Waals surface area contributed by atoms with E-state index in [2.05, 4.69) is 27.2 Å². The highest BCUT2D eigenvalue weighted by Crippen LogP contribution is 2.26. The fourth-order valence-corrected chi connectivity index (χ4v) is 3.89. The van der Waals surface area contributed by atoms with E-state index in [1.807, 2.05) is 48.7 Å². The molecule has 2 heterocycles. The first kappa shape index (κ1) is 21.8. The smallest absolute Gasteiger partial charge is 0.307 e. The Bertz CT molecular complexity index is 1550. The van der Waals surface area contributed by atoms with Crippen LogP contribution in [0.1, 0.15) is 21.7 Å². The summed E-state index contributed by atoms with van der Waals surface area (Å²) in [4.78, 5) is 23.1. The van der Waals surface area contributed by atoms with E-state index in [1.54, 1.807) is 24.4 Å². The van der Waals surface area contributed by atoms with E-state index in [0.29, 0.717) is 17.9 Å². The zero-order chi connectivity index (χ0) is 24.2. The van der Waals surface area contributed by atoms with Gasteiger partial charge in [-0.25, -0.2) is 5.43 Å². The van der Waals surface area contributed by atoms with Crippen molar-refractivity contribution in [2.24, 2.45) is 5.10 Å². The molecule has 0 saturated carbocycles. The Hall–Kier alpha value is -4.98. The first-order valence-electron chi connectivity index (χ1n) is 10.9. The van der Waals surface area contributed by atoms with Crippen LogP contribution >= 0.6 is 0 Å². The second-order valence-corrected chi connectivity index (χ2v) is 7.89. The summed E-state index contributed by atoms with van der Waals surface area (Å²) >= 11 is 0. The highest BCUT2D eigenvalue weighted by atomic mass is 16.6. The van der Waals surface area contributed by atoms with Crippen LogP contribution in [0.5, 0.6) is 0 Å². The summed E-state index contributed by atoms with van der Waals surface area (Å²) in [5, 5.41) is 16.1. The molecule has 1 N–H and O–H groups in total. The molecule has 0 unspecified atom stereocenters. The number of hydrogen-bond acceptors (Lipinski definition) is 5. The number of para-hydroxylation sites is 1. The number of benzene rings is 3. The number of nitrogens with zero attached hydrogens (tertiary/aromatic N) is 3. The molecule has 35 heavy (non-hydrogen) atoms. The molecule has 0 aliphatic heterocycles. The van der Waals surface area contributed by atoms with Crippen LogP contribution in [0.25, 0.3) is 22.2 Å². The molecule has 0 aliphatic carbocycles. The largest absolute Gasteiger partial charge is 0.451 e. The first-order chi connectivity index (χ1) is 17.1. The van der Waals surface area contributed by atoms with E-state index in [-0.39, 0.29) is 11.4 Å². The van der Waals surface area contributed by atoms with Crippen molar-refractivity contribution in [2.75, 3.05) is 0 Å². The number of amides is 1. The van der Waals surface area contributed by atoms with Crippen LogP contribution < -0.4 is 5.43 Å². The summed E-state index contributed by atoms with van der Waals surface area (Å²) in [5.74, 6) is -0.118. The van der Waals surface area contributed by atoms with E-state index in [4.69, 9.17) is 4.42 Å². The number of nitro benzene ring substituents is 1. The van der Waals surface area contributed by atoms with E-state index in [0.717, 1.165) is 16.5 Å². The monoisotopic (exact) mass is 464 g/mol. The molecular weight excluding hydrogens is 444 g/mol. The van der Waals surface area contributed by atoms with Crippen molar-refractivity contribution in [2.45, 2.75) is 6.54 Å². The van der Waals surface area contributed by atoms with Gasteiger partial charge in [0.05, 0.1) is 11.1 Å². The Morgan fingerprint density at radius 3 is 2.63 bits per heavy atom. The molecule has 0 bridgehead atoms. The Morgan fingerprint density at radius 2 is 1.80 bits per heavy atom. The second-order valence-electron chi connectivity index (χ2n) is 7.89. The van der Waals surface area contributed by atoms with E-state index in [1.165, 1.54) is 23.8 Å². The third-order valence-corrected chi connectivity index (χ3v) is 5.56. The van der Waals surface area contributed by atoms with Crippen molar-refractivity contribution in [1.82, 2.24) is 9.99 Å². The minimum atomic E-state index is -0.522. The molecule has 2 aromatic heterocycles. The number of aromatic nitrogens is 1. The van der Waals surface area contributed by atoms with Gasteiger partial charge < -0.3 is 8.98 Å². The molecule has 0 fully saturated rings. The molecule has 3 aromatic carbocycles. The molecule has 1 amide bonds. The van der Waals surface area contributed by atoms with Crippen molar-refractivity contribution in [3.05, 3.63) is 124 Å². The van der Waals surface area contributed by atoms with Crippen molar-refractivity contribution in [1.29, 1.82) is 0 Å². The van der Waals surface area contributed by atoms with Gasteiger partial charge in [0, 0.05) is 46.9 Å². The average molecular weight is 464 g/mol. The topological polar surface area (TPSA) is 103 Å². The molecule has 5 aromatic rings. The van der Waals surface area contributed by atoms with Gasteiger partial charge in [-0.05, 0) is 23.8 Å². The number of fused-ring (bicyclic) bond motifs is 1. The highest BCUT2D eigenvalue weighted by Gasteiger charge is 2.14. The van der Waals surface area contributed by atoms with Crippen molar-refractivity contribution in [3.63, 3.8) is 0 Å². The molecule has 0 aliphatic rings. The van der Waals surface area contributed by atoms with Crippen LogP contribution in [0.15, 0.2) is 107 Å². The minimum Gasteiger partial charge on any atom is -0.451 e. The lowest BCUT2D eigenvalue weighted by Gasteiger charge is -2.05. The molecule has 0 spiro atoms. The molecule has 172 valence electrons. The third-order valence-electron chi connectivity index (χ3n) is 5.56. The minimum absolute atomic E-state index is 0.0511. The summed E-state index contributed by atoms with van der Waals surface area (Å²) in [6.07, 6.45) is 3.60. The molecule has 0 saturated heterocycles. The number of non-ortho nitro benzene ring substituents is 1. The zero-order valence-electron chi connectivity index (χ0n) is 18.5. The van der Waals surface area contributed by atoms with Gasteiger partial charge >= 0.3 is 5.91 Å². The Kier molecular flexibility index (Phi) is 5.92. The lowest BCUT2D eigenvalue weighted by Crippen LogP contribution is -2.16. The number of nitro groups is 1. The lowest BCUT2D eigenvalue weighted by molar-refractivity contribution is -0.384. The summed E-state index contributed by atoms with van der Waals surface area (Å²) < 4.78 is 7.74. The van der Waals surface area contributed by atoms with Gasteiger partial charge in [0.1, 0.15) is 5.76 Å². The Morgan fingerprint density at radius 1 is 1.00 bits per heavy atom. The van der Waals surface area contributed by atoms with Crippen molar-refractivity contribution < 1.29 is 14.1 Å². The van der Waals surface area contributed by atoms with Crippen LogP contribution in [-0.2, 0) is 6.54 Å². The standard InChI is InChI=1S/C27H20N4O4/c32-27(26-14-13-25(35-26)20-9-6-10-22(15-20)31(33)34)29-28-16-21-18-30(17-19-7-2-1-3-8-19)24-12-5-4-11-23(21)24/h1-16,18H,17H2,(H,29,32)/b28-16-. The van der Waals surface area contributed by atoms with Crippen LogP contribution in [0, 0.1) is 10.1 Å². The van der Waals surface area contributed by atoms with E-state index >= 15 is 0 Å². The molecule has 8 nitrogen and oxygen atoms in total. The number of carbonyl (C=O) groups is 1. The molecule has 0 atom stereocenters. The van der Waals surface area contributed by atoms with E-state index in [9.17, 15) is 14.9 Å². The van der Waals surface area contributed by atoms with Crippen LogP contribution in [0.3, 0.4) is 0 Å². The van der Waals surface area contributed by atoms with Crippen molar-refractivity contribution in [3.8, 4) is 11.3 Å². The Balaban J connectivity index is 1.32. The summed E-state index contributed by atoms with van der Waals surface area (Å²) in [5.41, 5.74) is 6.06. The average Bonchev–Trinajstić information content (AvgIpc) is 3.51. The van der Waals surface area contributed by atoms with Gasteiger partial charge in [0.15, 0.2) is 5.76 Å². The highest BCUT2D eigenvalue weighted by molar-refractivity contribution is 6.00. The van der Waals surface area contributed by atoms with Gasteiger partial charge in [-0.2, -0.15) is 5.10 Å². The van der Waals surface area contributed by atoms with Crippen LogP contribution in [0.2, 0.25) is 0 Å². The predicted octanol–water partition coefficient (Wildman–Crippen LogP) is 5.62. The summed E-state index contributed by atoms with van der Waals surface area (Å²) in [6.45, 7) is 0.717. The quantitative estimate of drug-likeness (QED) is 0.192. The summed E-state index contributed by atoms with van der Waals surface area (Å²) in [6, 6.07) is 27.3. The number of hydrogen-bond donors (Lipinski definition) is 1. The maximum atomic E-state index is 12.5. The molecule has 8 heteroatoms. The van der Waals surface area contributed by atoms with Gasteiger partial charge in [-0.15, -0.1) is 0 Å². The number of hydrazone groups is 1. The summed E-state index contributed by atoms with van der Waals surface area (Å²) in [7, 11) is 0. The van der Waals surface area contributed by atoms with Crippen LogP contribution in [0.4, 0.5) is 5.69 Å². The fraction of sp³-hybridized carbons (Fsp3) is 0.0370. The van der Waals surface area contributed by atoms with E-state index < -0.39 is 10.8 Å². The van der Waals surface area contributed by atoms with Gasteiger partial charge in [0.2, 0.25) is 0 Å². The van der Waals surface area contributed by atoms with Gasteiger partial charge in [-0.3, -0.25) is 14.9 Å². The second kappa shape index (κ2) is 9.48. The fourth-order valence-electron chi connectivity index (χ4n) is 3.89. The Labute approximate surface area is 200 Å². The number of carbonyl (C=O) groups excluding carboxylic acids is 1. The lowest BCUT2D eigenvalue weighted by atomic mass is 10.1. The molecule has 0 radical (unpaired) electrons. The molecular formula is C27H20N4O4. The first-order valence-corrected chi connectivity index (χ1v) is 10.9. The van der Waals surface area contributed by atoms with Crippen molar-refractivity contribution >= 4 is 28.7 Å². The third kappa shape index (κ3) is 4.72. The number of nitrogens with one attached hydrogen (secondary N) is 1. The number of rotatable bonds is 7. The maximum Gasteiger partial charge on any atom is 0.307 e. The predicted molar refractivity (Wildman–Crippen MR) is 133 cm³/mol. The maximum absolute atomic E-state index is 12.5. The van der Waals surface area contributed by atoms with Gasteiger partial charge in [0.25, 0.3) is 5.69 Å². The zero-order valence-corrected chi connectivity index (χ0v) is 18.5. The molecule has 5 rings (SSSR count). The SMILES string of the molecule is O=C(N/N=C\c1cn(Cc2ccccc2)c2ccccc12)c1ccc(-c2cccc([N+](=O)[O-])c2)o1. The normalized spacial score (nSPS) is 11.2. The number of furan rings is 1. The van der Waals surface area contributed by atoms with Crippen LogP contribution in [-0.4, -0.2) is 21.6 Å². The van der Waals surface area contributed by atoms with Gasteiger partial charge in [-0.1, -0.05) is 60.7 Å².